The predicted octanol–water partition coefficient (Wildman–Crippen LogP) is 4.32. The van der Waals surface area contributed by atoms with Gasteiger partial charge in [0.2, 0.25) is 0 Å². The van der Waals surface area contributed by atoms with Gasteiger partial charge in [0.15, 0.2) is 5.11 Å². The number of halogens is 1. The maximum Gasteiger partial charge on any atom is 0.191 e. The molecule has 0 amide bonds. The van der Waals surface area contributed by atoms with Crippen LogP contribution in [0.2, 0.25) is 0 Å². The lowest BCUT2D eigenvalue weighted by Gasteiger charge is -2.11. The van der Waals surface area contributed by atoms with E-state index in [1.807, 2.05) is 51.1 Å². The van der Waals surface area contributed by atoms with Gasteiger partial charge < -0.3 is 10.4 Å². The lowest BCUT2D eigenvalue weighted by molar-refractivity contribution is 0.474. The topological polar surface area (TPSA) is 56.7 Å². The number of thiocarbonyl (C=S) groups is 1. The average Bonchev–Trinajstić information content (AvgIpc) is 2.51. The third-order valence-electron chi connectivity index (χ3n) is 3.31. The number of benzene rings is 2. The van der Waals surface area contributed by atoms with E-state index in [4.69, 9.17) is 12.2 Å². The molecule has 2 rings (SSSR count). The number of rotatable bonds is 3. The number of anilines is 1. The zero-order chi connectivity index (χ0) is 17.0. The average molecular weight is 439 g/mol. The summed E-state index contributed by atoms with van der Waals surface area (Å²) in [4.78, 5) is 0. The Labute approximate surface area is 155 Å². The number of aryl methyl sites for hydroxylation is 2. The summed E-state index contributed by atoms with van der Waals surface area (Å²) in [5.41, 5.74) is 7.27. The van der Waals surface area contributed by atoms with Crippen molar-refractivity contribution in [1.82, 2.24) is 5.43 Å². The number of nitrogens with zero attached hydrogens (tertiary/aromatic N) is 1. The first-order valence-corrected chi connectivity index (χ1v) is 8.53. The Morgan fingerprint density at radius 2 is 1.91 bits per heavy atom. The number of aromatic hydroxyl groups is 1. The molecule has 0 unspecified atom stereocenters. The summed E-state index contributed by atoms with van der Waals surface area (Å²) in [7, 11) is 0. The van der Waals surface area contributed by atoms with Crippen molar-refractivity contribution in [2.45, 2.75) is 20.8 Å². The normalized spacial score (nSPS) is 11.2. The van der Waals surface area contributed by atoms with Crippen molar-refractivity contribution in [2.75, 3.05) is 5.32 Å². The molecule has 0 aromatic heterocycles. The second-order valence-corrected chi connectivity index (χ2v) is 6.90. The third-order valence-corrected chi connectivity index (χ3v) is 4.18. The van der Waals surface area contributed by atoms with Crippen LogP contribution >= 0.6 is 34.8 Å². The smallest absolute Gasteiger partial charge is 0.191 e. The molecule has 0 saturated carbocycles. The maximum absolute atomic E-state index is 9.91. The van der Waals surface area contributed by atoms with Gasteiger partial charge in [-0.25, -0.2) is 0 Å². The van der Waals surface area contributed by atoms with E-state index in [1.165, 1.54) is 0 Å². The van der Waals surface area contributed by atoms with Crippen molar-refractivity contribution in [1.29, 1.82) is 0 Å². The Kier molecular flexibility index (Phi) is 5.95. The molecule has 6 heteroatoms. The second-order valence-electron chi connectivity index (χ2n) is 5.24. The molecule has 0 heterocycles. The molecule has 0 radical (unpaired) electrons. The Morgan fingerprint density at radius 1 is 1.17 bits per heavy atom. The Hall–Kier alpha value is -1.67. The number of nitrogens with one attached hydrogen (secondary N) is 2. The number of hydrogen-bond donors (Lipinski definition) is 3. The molecular formula is C17H18IN3OS. The molecule has 0 aliphatic heterocycles. The van der Waals surface area contributed by atoms with Crippen molar-refractivity contribution in [3.05, 3.63) is 56.7 Å². The van der Waals surface area contributed by atoms with Gasteiger partial charge in [-0.1, -0.05) is 17.7 Å². The molecule has 4 nitrogen and oxygen atoms in total. The van der Waals surface area contributed by atoms with Crippen molar-refractivity contribution in [3.8, 4) is 5.75 Å². The second kappa shape index (κ2) is 7.74. The summed E-state index contributed by atoms with van der Waals surface area (Å²) in [6.07, 6.45) is 0. The van der Waals surface area contributed by atoms with E-state index >= 15 is 0 Å². The predicted molar refractivity (Wildman–Crippen MR) is 108 cm³/mol. The van der Waals surface area contributed by atoms with E-state index < -0.39 is 0 Å². The van der Waals surface area contributed by atoms with Crippen LogP contribution in [0.3, 0.4) is 0 Å². The lowest BCUT2D eigenvalue weighted by Crippen LogP contribution is -2.25. The number of hydrazone groups is 1. The summed E-state index contributed by atoms with van der Waals surface area (Å²) in [5, 5.41) is 17.7. The molecule has 3 N–H and O–H groups in total. The zero-order valence-electron chi connectivity index (χ0n) is 13.1. The highest BCUT2D eigenvalue weighted by Crippen LogP contribution is 2.19. The standard InChI is InChI=1S/C17H18IN3OS/c1-10-4-7-16(22)14(8-10)12(3)20-21-17(23)19-15-9-13(18)6-5-11(15)2/h4-9,22H,1-3H3,(H2,19,21,23)/b20-12+. The van der Waals surface area contributed by atoms with E-state index in [-0.39, 0.29) is 5.75 Å². The highest BCUT2D eigenvalue weighted by Gasteiger charge is 2.06. The van der Waals surface area contributed by atoms with Gasteiger partial charge in [-0.2, -0.15) is 5.10 Å². The molecule has 0 fully saturated rings. The minimum atomic E-state index is 0.200. The minimum absolute atomic E-state index is 0.200. The van der Waals surface area contributed by atoms with E-state index in [1.54, 1.807) is 6.07 Å². The van der Waals surface area contributed by atoms with Crippen LogP contribution in [0, 0.1) is 17.4 Å². The van der Waals surface area contributed by atoms with Crippen molar-refractivity contribution in [2.24, 2.45) is 5.10 Å². The highest BCUT2D eigenvalue weighted by atomic mass is 127. The van der Waals surface area contributed by atoms with Crippen molar-refractivity contribution >= 4 is 51.3 Å². The lowest BCUT2D eigenvalue weighted by atomic mass is 10.1. The summed E-state index contributed by atoms with van der Waals surface area (Å²) in [6, 6.07) is 11.5. The van der Waals surface area contributed by atoms with Gasteiger partial charge >= 0.3 is 0 Å². The van der Waals surface area contributed by atoms with Gasteiger partial charge in [0.1, 0.15) is 5.75 Å². The van der Waals surface area contributed by atoms with E-state index in [0.29, 0.717) is 16.4 Å². The first-order chi connectivity index (χ1) is 10.9. The summed E-state index contributed by atoms with van der Waals surface area (Å²) >= 11 is 7.53. The van der Waals surface area contributed by atoms with Crippen LogP contribution in [0.1, 0.15) is 23.6 Å². The van der Waals surface area contributed by atoms with Crippen molar-refractivity contribution in [3.63, 3.8) is 0 Å². The fourth-order valence-corrected chi connectivity index (χ4v) is 2.66. The Bertz CT molecular complexity index is 774. The van der Waals surface area contributed by atoms with Gasteiger partial charge in [-0.15, -0.1) is 0 Å². The first kappa shape index (κ1) is 17.7. The molecule has 0 saturated heterocycles. The van der Waals surface area contributed by atoms with Crippen LogP contribution in [-0.4, -0.2) is 15.9 Å². The molecule has 0 spiro atoms. The van der Waals surface area contributed by atoms with Crippen LogP contribution in [0.5, 0.6) is 5.75 Å². The summed E-state index contributed by atoms with van der Waals surface area (Å²) < 4.78 is 1.13. The summed E-state index contributed by atoms with van der Waals surface area (Å²) in [6.45, 7) is 5.80. The minimum Gasteiger partial charge on any atom is -0.507 e. The molecule has 0 aliphatic rings. The maximum atomic E-state index is 9.91. The van der Waals surface area contributed by atoms with E-state index in [2.05, 4.69) is 38.4 Å². The van der Waals surface area contributed by atoms with Gasteiger partial charge in [-0.3, -0.25) is 5.43 Å². The van der Waals surface area contributed by atoms with Gasteiger partial charge in [0, 0.05) is 14.8 Å². The SMILES string of the molecule is C/C(=N\NC(=S)Nc1cc(I)ccc1C)c1cc(C)ccc1O. The molecule has 120 valence electrons. The van der Waals surface area contributed by atoms with E-state index in [0.717, 1.165) is 20.4 Å². The molecule has 0 aliphatic carbocycles. The fraction of sp³-hybridized carbons (Fsp3) is 0.176. The molecule has 0 bridgehead atoms. The van der Waals surface area contributed by atoms with Crippen LogP contribution in [0.25, 0.3) is 0 Å². The zero-order valence-corrected chi connectivity index (χ0v) is 16.1. The summed E-state index contributed by atoms with van der Waals surface area (Å²) in [5.74, 6) is 0.200. The number of hydrogen-bond acceptors (Lipinski definition) is 3. The fourth-order valence-electron chi connectivity index (χ4n) is 2.01. The van der Waals surface area contributed by atoms with Crippen molar-refractivity contribution < 1.29 is 5.11 Å². The molecule has 23 heavy (non-hydrogen) atoms. The van der Waals surface area contributed by atoms with Gasteiger partial charge in [-0.05, 0) is 85.4 Å². The third kappa shape index (κ3) is 4.90. The monoisotopic (exact) mass is 439 g/mol. The number of phenols is 1. The van der Waals surface area contributed by atoms with Gasteiger partial charge in [0.05, 0.1) is 5.71 Å². The Balaban J connectivity index is 2.08. The quantitative estimate of drug-likeness (QED) is 0.289. The van der Waals surface area contributed by atoms with Gasteiger partial charge in [0.25, 0.3) is 0 Å². The molecule has 2 aromatic rings. The Morgan fingerprint density at radius 3 is 2.65 bits per heavy atom. The van der Waals surface area contributed by atoms with Crippen LogP contribution in [0.15, 0.2) is 41.5 Å². The first-order valence-electron chi connectivity index (χ1n) is 7.04. The van der Waals surface area contributed by atoms with Crippen LogP contribution < -0.4 is 10.7 Å². The largest absolute Gasteiger partial charge is 0.507 e. The molecule has 0 atom stereocenters. The molecular weight excluding hydrogens is 421 g/mol. The van der Waals surface area contributed by atoms with E-state index in [9.17, 15) is 5.11 Å². The van der Waals surface area contributed by atoms with Crippen LogP contribution in [-0.2, 0) is 0 Å². The highest BCUT2D eigenvalue weighted by molar-refractivity contribution is 14.1. The molecule has 2 aromatic carbocycles. The number of phenolic OH excluding ortho intramolecular Hbond substituents is 1. The van der Waals surface area contributed by atoms with Crippen LogP contribution in [0.4, 0.5) is 5.69 Å².